The molecule has 3 N–H and O–H groups in total. The Balaban J connectivity index is 1.19. The van der Waals surface area contributed by atoms with E-state index >= 15 is 0 Å². The minimum absolute atomic E-state index is 0.281. The normalized spacial score (nSPS) is 11.2. The lowest BCUT2D eigenvalue weighted by molar-refractivity contribution is 0.102. The van der Waals surface area contributed by atoms with Crippen molar-refractivity contribution in [2.45, 2.75) is 27.3 Å². The van der Waals surface area contributed by atoms with E-state index in [1.54, 1.807) is 53.3 Å². The van der Waals surface area contributed by atoms with Crippen LogP contribution in [-0.4, -0.2) is 42.7 Å². The van der Waals surface area contributed by atoms with Gasteiger partial charge < -0.3 is 15.4 Å². The zero-order valence-electron chi connectivity index (χ0n) is 24.6. The van der Waals surface area contributed by atoms with E-state index in [9.17, 15) is 9.59 Å². The van der Waals surface area contributed by atoms with Crippen molar-refractivity contribution in [2.24, 2.45) is 5.92 Å². The Labute approximate surface area is 253 Å². The first-order valence-corrected chi connectivity index (χ1v) is 14.4. The molecule has 0 spiro atoms. The molecule has 0 saturated carbocycles. The van der Waals surface area contributed by atoms with Crippen LogP contribution < -0.4 is 20.7 Å². The second-order valence-corrected chi connectivity index (χ2v) is 10.6. The van der Waals surface area contributed by atoms with Gasteiger partial charge in [0, 0.05) is 41.7 Å². The van der Waals surface area contributed by atoms with E-state index in [1.807, 2.05) is 49.5 Å². The van der Waals surface area contributed by atoms with Gasteiger partial charge >= 0.3 is 6.09 Å². The fourth-order valence-electron chi connectivity index (χ4n) is 4.86. The quantitative estimate of drug-likeness (QED) is 0.172. The molecule has 0 unspecified atom stereocenters. The molecule has 0 saturated heterocycles. The van der Waals surface area contributed by atoms with Crippen LogP contribution in [0.1, 0.15) is 31.1 Å². The molecule has 0 aliphatic carbocycles. The smallest absolute Gasteiger partial charge is 0.391 e. The summed E-state index contributed by atoms with van der Waals surface area (Å²) in [4.78, 5) is 35.0. The molecule has 0 radical (unpaired) electrons. The highest BCUT2D eigenvalue weighted by Gasteiger charge is 2.16. The molecule has 2 amide bonds. The van der Waals surface area contributed by atoms with Gasteiger partial charge in [0.2, 0.25) is 5.88 Å². The predicted octanol–water partition coefficient (Wildman–Crippen LogP) is 6.70. The number of aryl methyl sites for hydroxylation is 1. The van der Waals surface area contributed by atoms with Crippen molar-refractivity contribution < 1.29 is 14.3 Å². The van der Waals surface area contributed by atoms with Crippen molar-refractivity contribution in [3.8, 4) is 17.1 Å². The lowest BCUT2D eigenvalue weighted by Crippen LogP contribution is -2.19. The zero-order chi connectivity index (χ0) is 30.6. The highest BCUT2D eigenvalue weighted by Crippen LogP contribution is 2.29. The van der Waals surface area contributed by atoms with Crippen LogP contribution in [0, 0.1) is 5.92 Å². The molecular formula is C33H32N8O3. The molecular weight excluding hydrogens is 556 g/mol. The topological polar surface area (TPSA) is 127 Å². The third-order valence-electron chi connectivity index (χ3n) is 6.99. The van der Waals surface area contributed by atoms with Gasteiger partial charge in [-0.1, -0.05) is 44.2 Å². The Morgan fingerprint density at radius 3 is 2.48 bits per heavy atom. The average Bonchev–Trinajstić information content (AvgIpc) is 3.67. The number of nitrogens with zero attached hydrogens (tertiary/aromatic N) is 5. The molecule has 11 nitrogen and oxygen atoms in total. The van der Waals surface area contributed by atoms with Crippen molar-refractivity contribution >= 4 is 45.9 Å². The Bertz CT molecular complexity index is 1960. The maximum atomic E-state index is 13.1. The van der Waals surface area contributed by atoms with Gasteiger partial charge in [-0.25, -0.2) is 19.4 Å². The maximum Gasteiger partial charge on any atom is 0.418 e. The summed E-state index contributed by atoms with van der Waals surface area (Å²) in [6.45, 7) is 7.55. The summed E-state index contributed by atoms with van der Waals surface area (Å²) < 4.78 is 9.01. The SMILES string of the molecule is CCn1nccc1OC(=O)Nc1cccc(NC(=O)c2ccc(-c3cnc4c(NCC(C)C)nc5ccccc5n34)cc2)c1. The van der Waals surface area contributed by atoms with Crippen LogP contribution in [0.25, 0.3) is 27.9 Å². The summed E-state index contributed by atoms with van der Waals surface area (Å²) in [6, 6.07) is 23.8. The summed E-state index contributed by atoms with van der Waals surface area (Å²) in [7, 11) is 0. The Hall–Kier alpha value is -5.71. The van der Waals surface area contributed by atoms with Gasteiger partial charge in [0.25, 0.3) is 5.91 Å². The molecule has 3 aromatic carbocycles. The molecule has 11 heteroatoms. The number of anilines is 3. The number of aromatic nitrogens is 5. The van der Waals surface area contributed by atoms with E-state index in [4.69, 9.17) is 14.7 Å². The van der Waals surface area contributed by atoms with Crippen LogP contribution in [0.15, 0.2) is 91.3 Å². The van der Waals surface area contributed by atoms with E-state index in [2.05, 4.69) is 39.3 Å². The van der Waals surface area contributed by atoms with Gasteiger partial charge in [0.05, 0.1) is 29.1 Å². The van der Waals surface area contributed by atoms with Gasteiger partial charge in [-0.15, -0.1) is 0 Å². The molecule has 0 fully saturated rings. The van der Waals surface area contributed by atoms with Gasteiger partial charge in [0.1, 0.15) is 0 Å². The number of fused-ring (bicyclic) bond motifs is 3. The summed E-state index contributed by atoms with van der Waals surface area (Å²) in [6.07, 6.45) is 2.74. The number of rotatable bonds is 9. The van der Waals surface area contributed by atoms with Crippen molar-refractivity contribution in [2.75, 3.05) is 22.5 Å². The second kappa shape index (κ2) is 12.3. The minimum atomic E-state index is -0.655. The third kappa shape index (κ3) is 5.93. The van der Waals surface area contributed by atoms with Gasteiger partial charge in [-0.05, 0) is 55.3 Å². The average molecular weight is 589 g/mol. The summed E-state index contributed by atoms with van der Waals surface area (Å²) in [5, 5.41) is 13.1. The van der Waals surface area contributed by atoms with Crippen molar-refractivity contribution in [3.63, 3.8) is 0 Å². The standard InChI is InChI=1S/C33H32N8O3/c1-4-40-29(16-17-36-40)44-33(43)38-25-9-7-8-24(18-25)37-32(42)23-14-12-22(13-15-23)28-20-35-31-30(34-19-21(2)3)39-26-10-5-6-11-27(26)41(28)31/h5-18,20-21H,4,19H2,1-3H3,(H,34,39)(H,37,42)(H,38,43). The monoisotopic (exact) mass is 588 g/mol. The van der Waals surface area contributed by atoms with Gasteiger partial charge in [-0.3, -0.25) is 14.5 Å². The summed E-state index contributed by atoms with van der Waals surface area (Å²) in [5.41, 5.74) is 5.84. The zero-order valence-corrected chi connectivity index (χ0v) is 24.6. The van der Waals surface area contributed by atoms with Crippen LogP contribution in [0.5, 0.6) is 5.88 Å². The summed E-state index contributed by atoms with van der Waals surface area (Å²) in [5.74, 6) is 1.25. The number of amides is 2. The highest BCUT2D eigenvalue weighted by atomic mass is 16.6. The number of carbonyl (C=O) groups is 2. The first kappa shape index (κ1) is 28.4. The third-order valence-corrected chi connectivity index (χ3v) is 6.99. The molecule has 0 aliphatic heterocycles. The Morgan fingerprint density at radius 1 is 0.932 bits per heavy atom. The Kier molecular flexibility index (Phi) is 7.92. The molecule has 6 rings (SSSR count). The molecule has 0 atom stereocenters. The Morgan fingerprint density at radius 2 is 1.70 bits per heavy atom. The molecule has 0 aliphatic rings. The van der Waals surface area contributed by atoms with Crippen LogP contribution in [0.3, 0.4) is 0 Å². The van der Waals surface area contributed by atoms with E-state index < -0.39 is 6.09 Å². The van der Waals surface area contributed by atoms with Crippen molar-refractivity contribution in [3.05, 3.63) is 96.8 Å². The van der Waals surface area contributed by atoms with Crippen LogP contribution in [0.4, 0.5) is 22.0 Å². The van der Waals surface area contributed by atoms with Gasteiger partial charge in [0.15, 0.2) is 11.5 Å². The highest BCUT2D eigenvalue weighted by molar-refractivity contribution is 6.05. The molecule has 0 bridgehead atoms. The number of benzene rings is 3. The maximum absolute atomic E-state index is 13.1. The van der Waals surface area contributed by atoms with Gasteiger partial charge in [-0.2, -0.15) is 5.10 Å². The first-order valence-electron chi connectivity index (χ1n) is 14.4. The van der Waals surface area contributed by atoms with Crippen molar-refractivity contribution in [1.82, 2.24) is 24.1 Å². The van der Waals surface area contributed by atoms with E-state index in [1.165, 1.54) is 0 Å². The number of ether oxygens (including phenoxy) is 1. The number of hydrogen-bond acceptors (Lipinski definition) is 7. The van der Waals surface area contributed by atoms with E-state index in [0.29, 0.717) is 35.3 Å². The minimum Gasteiger partial charge on any atom is -0.391 e. The lowest BCUT2D eigenvalue weighted by atomic mass is 10.1. The van der Waals surface area contributed by atoms with Crippen LogP contribution in [-0.2, 0) is 6.54 Å². The number of imidazole rings is 1. The molecule has 6 aromatic rings. The molecule has 222 valence electrons. The lowest BCUT2D eigenvalue weighted by Gasteiger charge is -2.13. The number of nitrogens with one attached hydrogen (secondary N) is 3. The fourth-order valence-corrected chi connectivity index (χ4v) is 4.86. The first-order chi connectivity index (χ1) is 21.4. The fraction of sp³-hybridized carbons (Fsp3) is 0.182. The van der Waals surface area contributed by atoms with E-state index in [0.717, 1.165) is 40.3 Å². The second-order valence-electron chi connectivity index (χ2n) is 10.6. The largest absolute Gasteiger partial charge is 0.418 e. The van der Waals surface area contributed by atoms with Crippen molar-refractivity contribution in [1.29, 1.82) is 0 Å². The van der Waals surface area contributed by atoms with Crippen LogP contribution in [0.2, 0.25) is 0 Å². The molecule has 44 heavy (non-hydrogen) atoms. The van der Waals surface area contributed by atoms with E-state index in [-0.39, 0.29) is 5.91 Å². The molecule has 3 aromatic heterocycles. The summed E-state index contributed by atoms with van der Waals surface area (Å²) >= 11 is 0. The number of carbonyl (C=O) groups excluding carboxylic acids is 2. The van der Waals surface area contributed by atoms with Crippen LogP contribution >= 0.6 is 0 Å². The number of para-hydroxylation sites is 2. The molecule has 3 heterocycles. The number of hydrogen-bond donors (Lipinski definition) is 3. The predicted molar refractivity (Wildman–Crippen MR) is 171 cm³/mol.